The molecule has 86 valence electrons. The number of rotatable bonds is 2. The SMILES string of the molecule is Nc1cc(C2CC2)cnc1-c1cccc(Cl)c1. The van der Waals surface area contributed by atoms with E-state index in [1.54, 1.807) is 0 Å². The lowest BCUT2D eigenvalue weighted by Gasteiger charge is -2.07. The Morgan fingerprint density at radius 3 is 2.71 bits per heavy atom. The van der Waals surface area contributed by atoms with Crippen LogP contribution in [0.15, 0.2) is 36.5 Å². The van der Waals surface area contributed by atoms with E-state index in [0.717, 1.165) is 16.9 Å². The molecule has 0 bridgehead atoms. The van der Waals surface area contributed by atoms with Gasteiger partial charge < -0.3 is 5.73 Å². The lowest BCUT2D eigenvalue weighted by molar-refractivity contribution is 1.10. The van der Waals surface area contributed by atoms with E-state index in [1.165, 1.54) is 18.4 Å². The minimum Gasteiger partial charge on any atom is -0.397 e. The van der Waals surface area contributed by atoms with Crippen molar-refractivity contribution in [3.63, 3.8) is 0 Å². The van der Waals surface area contributed by atoms with Gasteiger partial charge in [-0.3, -0.25) is 4.98 Å². The molecule has 1 aromatic carbocycles. The lowest BCUT2D eigenvalue weighted by atomic mass is 10.1. The Bertz CT molecular complexity index is 562. The lowest BCUT2D eigenvalue weighted by Crippen LogP contribution is -1.95. The molecule has 1 aromatic heterocycles. The molecule has 0 unspecified atom stereocenters. The quantitative estimate of drug-likeness (QED) is 0.871. The van der Waals surface area contributed by atoms with Gasteiger partial charge in [-0.25, -0.2) is 0 Å². The van der Waals surface area contributed by atoms with E-state index in [4.69, 9.17) is 17.3 Å². The van der Waals surface area contributed by atoms with Crippen LogP contribution in [0.4, 0.5) is 5.69 Å². The Morgan fingerprint density at radius 1 is 1.24 bits per heavy atom. The summed E-state index contributed by atoms with van der Waals surface area (Å²) >= 11 is 5.97. The molecule has 1 fully saturated rings. The summed E-state index contributed by atoms with van der Waals surface area (Å²) in [5.41, 5.74) is 9.84. The van der Waals surface area contributed by atoms with Gasteiger partial charge in [-0.2, -0.15) is 0 Å². The second-order valence-corrected chi connectivity index (χ2v) is 4.93. The summed E-state index contributed by atoms with van der Waals surface area (Å²) in [6, 6.07) is 9.66. The van der Waals surface area contributed by atoms with E-state index >= 15 is 0 Å². The van der Waals surface area contributed by atoms with Crippen molar-refractivity contribution in [1.82, 2.24) is 4.98 Å². The predicted molar refractivity (Wildman–Crippen MR) is 71.1 cm³/mol. The van der Waals surface area contributed by atoms with Gasteiger partial charge in [0.15, 0.2) is 0 Å². The highest BCUT2D eigenvalue weighted by Gasteiger charge is 2.24. The monoisotopic (exact) mass is 244 g/mol. The molecule has 1 heterocycles. The normalized spacial score (nSPS) is 14.9. The zero-order valence-corrected chi connectivity index (χ0v) is 10.1. The molecule has 0 atom stereocenters. The molecule has 1 saturated carbocycles. The fourth-order valence-electron chi connectivity index (χ4n) is 2.02. The highest BCUT2D eigenvalue weighted by molar-refractivity contribution is 6.30. The predicted octanol–water partition coefficient (Wildman–Crippen LogP) is 3.86. The van der Waals surface area contributed by atoms with Crippen LogP contribution < -0.4 is 5.73 Å². The summed E-state index contributed by atoms with van der Waals surface area (Å²) in [6.45, 7) is 0. The number of hydrogen-bond donors (Lipinski definition) is 1. The third-order valence-corrected chi connectivity index (χ3v) is 3.32. The molecule has 17 heavy (non-hydrogen) atoms. The van der Waals surface area contributed by atoms with Gasteiger partial charge in [-0.15, -0.1) is 0 Å². The zero-order chi connectivity index (χ0) is 11.8. The molecule has 1 aliphatic carbocycles. The van der Waals surface area contributed by atoms with Crippen molar-refractivity contribution >= 4 is 17.3 Å². The number of aromatic nitrogens is 1. The Morgan fingerprint density at radius 2 is 2.06 bits per heavy atom. The van der Waals surface area contributed by atoms with E-state index in [-0.39, 0.29) is 0 Å². The molecular weight excluding hydrogens is 232 g/mol. The number of pyridine rings is 1. The number of halogens is 1. The Kier molecular flexibility index (Phi) is 2.52. The topological polar surface area (TPSA) is 38.9 Å². The molecule has 3 heteroatoms. The first-order chi connectivity index (χ1) is 8.24. The maximum absolute atomic E-state index is 6.06. The molecule has 0 amide bonds. The zero-order valence-electron chi connectivity index (χ0n) is 9.36. The van der Waals surface area contributed by atoms with Gasteiger partial charge in [0.05, 0.1) is 11.4 Å². The van der Waals surface area contributed by atoms with Crippen molar-refractivity contribution in [3.8, 4) is 11.3 Å². The summed E-state index contributed by atoms with van der Waals surface area (Å²) in [6.07, 6.45) is 4.46. The van der Waals surface area contributed by atoms with E-state index in [2.05, 4.69) is 4.98 Å². The fourth-order valence-corrected chi connectivity index (χ4v) is 2.21. The first kappa shape index (κ1) is 10.6. The summed E-state index contributed by atoms with van der Waals surface area (Å²) < 4.78 is 0. The average molecular weight is 245 g/mol. The molecule has 3 rings (SSSR count). The van der Waals surface area contributed by atoms with Gasteiger partial charge in [-0.1, -0.05) is 23.7 Å². The summed E-state index contributed by atoms with van der Waals surface area (Å²) in [7, 11) is 0. The standard InChI is InChI=1S/C14H13ClN2/c15-12-3-1-2-10(6-12)14-13(16)7-11(8-17-14)9-4-5-9/h1-3,6-9H,4-5,16H2. The smallest absolute Gasteiger partial charge is 0.0931 e. The van der Waals surface area contributed by atoms with Crippen molar-refractivity contribution in [2.45, 2.75) is 18.8 Å². The third-order valence-electron chi connectivity index (χ3n) is 3.09. The Hall–Kier alpha value is -1.54. The maximum Gasteiger partial charge on any atom is 0.0931 e. The van der Waals surface area contributed by atoms with Crippen molar-refractivity contribution < 1.29 is 0 Å². The van der Waals surface area contributed by atoms with Gasteiger partial charge in [0.2, 0.25) is 0 Å². The van der Waals surface area contributed by atoms with Gasteiger partial charge in [0.25, 0.3) is 0 Å². The van der Waals surface area contributed by atoms with Gasteiger partial charge in [-0.05, 0) is 42.5 Å². The van der Waals surface area contributed by atoms with Crippen molar-refractivity contribution in [3.05, 3.63) is 47.1 Å². The van der Waals surface area contributed by atoms with Crippen LogP contribution >= 0.6 is 11.6 Å². The molecule has 0 saturated heterocycles. The summed E-state index contributed by atoms with van der Waals surface area (Å²) in [4.78, 5) is 4.47. The molecule has 0 radical (unpaired) electrons. The number of anilines is 1. The van der Waals surface area contributed by atoms with E-state index in [0.29, 0.717) is 10.9 Å². The van der Waals surface area contributed by atoms with E-state index in [1.807, 2.05) is 36.5 Å². The number of nitrogens with two attached hydrogens (primary N) is 1. The van der Waals surface area contributed by atoms with Gasteiger partial charge >= 0.3 is 0 Å². The Balaban J connectivity index is 2.02. The van der Waals surface area contributed by atoms with Crippen LogP contribution in [0, 0.1) is 0 Å². The molecular formula is C14H13ClN2. The minimum atomic E-state index is 0.679. The van der Waals surface area contributed by atoms with Crippen LogP contribution in [0.3, 0.4) is 0 Å². The molecule has 1 aliphatic rings. The summed E-state index contributed by atoms with van der Waals surface area (Å²) in [5, 5.41) is 0.704. The first-order valence-electron chi connectivity index (χ1n) is 5.75. The van der Waals surface area contributed by atoms with Gasteiger partial charge in [0, 0.05) is 16.8 Å². The minimum absolute atomic E-state index is 0.679. The Labute approximate surface area is 105 Å². The van der Waals surface area contributed by atoms with Gasteiger partial charge in [0.1, 0.15) is 0 Å². The number of hydrogen-bond acceptors (Lipinski definition) is 2. The van der Waals surface area contributed by atoms with E-state index < -0.39 is 0 Å². The number of nitrogen functional groups attached to an aromatic ring is 1. The fraction of sp³-hybridized carbons (Fsp3) is 0.214. The number of nitrogens with zero attached hydrogens (tertiary/aromatic N) is 1. The van der Waals surface area contributed by atoms with Crippen molar-refractivity contribution in [1.29, 1.82) is 0 Å². The average Bonchev–Trinajstić information content (AvgIpc) is 3.12. The number of benzene rings is 1. The van der Waals surface area contributed by atoms with E-state index in [9.17, 15) is 0 Å². The highest BCUT2D eigenvalue weighted by atomic mass is 35.5. The van der Waals surface area contributed by atoms with Crippen LogP contribution in [0.1, 0.15) is 24.3 Å². The third kappa shape index (κ3) is 2.13. The van der Waals surface area contributed by atoms with Crippen molar-refractivity contribution in [2.75, 3.05) is 5.73 Å². The summed E-state index contributed by atoms with van der Waals surface area (Å²) in [5.74, 6) is 0.679. The maximum atomic E-state index is 6.06. The van der Waals surface area contributed by atoms with Crippen LogP contribution in [-0.4, -0.2) is 4.98 Å². The second kappa shape index (κ2) is 4.04. The van der Waals surface area contributed by atoms with Crippen LogP contribution in [0.5, 0.6) is 0 Å². The molecule has 2 aromatic rings. The van der Waals surface area contributed by atoms with Crippen molar-refractivity contribution in [2.24, 2.45) is 0 Å². The first-order valence-corrected chi connectivity index (χ1v) is 6.13. The van der Waals surface area contributed by atoms with Crippen LogP contribution in [-0.2, 0) is 0 Å². The molecule has 2 N–H and O–H groups in total. The largest absolute Gasteiger partial charge is 0.397 e. The second-order valence-electron chi connectivity index (χ2n) is 4.49. The molecule has 0 aliphatic heterocycles. The van der Waals surface area contributed by atoms with Crippen LogP contribution in [0.2, 0.25) is 5.02 Å². The molecule has 0 spiro atoms. The molecule has 2 nitrogen and oxygen atoms in total. The highest BCUT2D eigenvalue weighted by Crippen LogP contribution is 2.41. The van der Waals surface area contributed by atoms with Crippen LogP contribution in [0.25, 0.3) is 11.3 Å².